The lowest BCUT2D eigenvalue weighted by atomic mass is 10.2. The summed E-state index contributed by atoms with van der Waals surface area (Å²) < 4.78 is 6.36. The van der Waals surface area contributed by atoms with Gasteiger partial charge in [-0.15, -0.1) is 0 Å². The molecule has 0 aliphatic carbocycles. The third kappa shape index (κ3) is 2.54. The average Bonchev–Trinajstić information content (AvgIpc) is 3.02. The molecule has 2 aromatic heterocycles. The van der Waals surface area contributed by atoms with E-state index in [0.29, 0.717) is 22.6 Å². The number of imidazole rings is 1. The number of ether oxygens (including phenoxy) is 1. The Balaban J connectivity index is 1.88. The molecule has 1 aromatic carbocycles. The number of hydrogen-bond acceptors (Lipinski definition) is 4. The first-order chi connectivity index (χ1) is 10.7. The minimum absolute atomic E-state index is 0.286. The van der Waals surface area contributed by atoms with Crippen molar-refractivity contribution < 1.29 is 14.3 Å². The second-order valence-corrected chi connectivity index (χ2v) is 4.59. The summed E-state index contributed by atoms with van der Waals surface area (Å²) in [6.07, 6.45) is 3.35. The normalized spacial score (nSPS) is 10.4. The molecule has 0 unspecified atom stereocenters. The van der Waals surface area contributed by atoms with Crippen molar-refractivity contribution in [3.63, 3.8) is 0 Å². The van der Waals surface area contributed by atoms with Gasteiger partial charge in [0.25, 0.3) is 5.91 Å². The van der Waals surface area contributed by atoms with Crippen LogP contribution in [0.5, 0.6) is 0 Å². The molecule has 6 nitrogen and oxygen atoms in total. The van der Waals surface area contributed by atoms with Crippen LogP contribution < -0.4 is 5.32 Å². The Morgan fingerprint density at radius 1 is 1.18 bits per heavy atom. The molecule has 3 rings (SSSR count). The predicted octanol–water partition coefficient (Wildman–Crippen LogP) is 2.37. The van der Waals surface area contributed by atoms with Crippen molar-refractivity contribution in [1.82, 2.24) is 9.38 Å². The van der Waals surface area contributed by atoms with E-state index in [9.17, 15) is 9.59 Å². The van der Waals surface area contributed by atoms with E-state index in [-0.39, 0.29) is 5.91 Å². The van der Waals surface area contributed by atoms with Crippen molar-refractivity contribution in [2.24, 2.45) is 0 Å². The zero-order valence-electron chi connectivity index (χ0n) is 11.8. The quantitative estimate of drug-likeness (QED) is 0.753. The fourth-order valence-corrected chi connectivity index (χ4v) is 2.17. The number of carbonyl (C=O) groups is 2. The fourth-order valence-electron chi connectivity index (χ4n) is 2.17. The number of nitrogens with zero attached hydrogens (tertiary/aromatic N) is 2. The lowest BCUT2D eigenvalue weighted by molar-refractivity contribution is 0.0600. The number of nitrogens with one attached hydrogen (secondary N) is 1. The van der Waals surface area contributed by atoms with Gasteiger partial charge in [0, 0.05) is 18.1 Å². The van der Waals surface area contributed by atoms with Gasteiger partial charge < -0.3 is 10.1 Å². The van der Waals surface area contributed by atoms with E-state index >= 15 is 0 Å². The molecule has 3 aromatic rings. The number of rotatable bonds is 3. The first-order valence-corrected chi connectivity index (χ1v) is 6.61. The summed E-state index contributed by atoms with van der Waals surface area (Å²) >= 11 is 0. The number of benzene rings is 1. The molecule has 0 radical (unpaired) electrons. The van der Waals surface area contributed by atoms with Crippen LogP contribution in [0.2, 0.25) is 0 Å². The lowest BCUT2D eigenvalue weighted by Gasteiger charge is -2.08. The summed E-state index contributed by atoms with van der Waals surface area (Å²) in [5, 5.41) is 2.76. The summed E-state index contributed by atoms with van der Waals surface area (Å²) in [7, 11) is 1.31. The first-order valence-electron chi connectivity index (χ1n) is 6.61. The Morgan fingerprint density at radius 2 is 2.00 bits per heavy atom. The highest BCUT2D eigenvalue weighted by Crippen LogP contribution is 2.14. The lowest BCUT2D eigenvalue weighted by Crippen LogP contribution is -2.16. The molecule has 0 spiro atoms. The van der Waals surface area contributed by atoms with Gasteiger partial charge in [-0.25, -0.2) is 9.78 Å². The molecular formula is C16H13N3O3. The maximum atomic E-state index is 12.4. The van der Waals surface area contributed by atoms with Crippen molar-refractivity contribution in [2.75, 3.05) is 12.4 Å². The largest absolute Gasteiger partial charge is 0.465 e. The molecule has 2 heterocycles. The predicted molar refractivity (Wildman–Crippen MR) is 80.9 cm³/mol. The smallest absolute Gasteiger partial charge is 0.337 e. The van der Waals surface area contributed by atoms with Gasteiger partial charge in [0.2, 0.25) is 0 Å². The van der Waals surface area contributed by atoms with Crippen molar-refractivity contribution in [1.29, 1.82) is 0 Å². The van der Waals surface area contributed by atoms with E-state index in [1.54, 1.807) is 53.2 Å². The maximum Gasteiger partial charge on any atom is 0.337 e. The summed E-state index contributed by atoms with van der Waals surface area (Å²) in [5.41, 5.74) is 2.04. The van der Waals surface area contributed by atoms with Crippen LogP contribution in [0.15, 0.2) is 54.9 Å². The van der Waals surface area contributed by atoms with E-state index in [1.165, 1.54) is 7.11 Å². The van der Waals surface area contributed by atoms with Crippen LogP contribution in [0.25, 0.3) is 5.65 Å². The van der Waals surface area contributed by atoms with Crippen LogP contribution in [-0.2, 0) is 4.74 Å². The Kier molecular flexibility index (Phi) is 3.57. The van der Waals surface area contributed by atoms with Crippen molar-refractivity contribution in [3.05, 3.63) is 66.1 Å². The zero-order valence-corrected chi connectivity index (χ0v) is 11.8. The molecule has 0 aliphatic rings. The van der Waals surface area contributed by atoms with Crippen LogP contribution in [-0.4, -0.2) is 28.4 Å². The Labute approximate surface area is 126 Å². The number of aromatic nitrogens is 2. The molecule has 0 bridgehead atoms. The highest BCUT2D eigenvalue weighted by molar-refractivity contribution is 6.04. The third-order valence-corrected chi connectivity index (χ3v) is 3.20. The minimum Gasteiger partial charge on any atom is -0.465 e. The van der Waals surface area contributed by atoms with Gasteiger partial charge in [0.15, 0.2) is 0 Å². The van der Waals surface area contributed by atoms with Crippen LogP contribution in [0, 0.1) is 0 Å². The van der Waals surface area contributed by atoms with Gasteiger partial charge in [-0.2, -0.15) is 0 Å². The molecule has 0 saturated carbocycles. The first kappa shape index (κ1) is 13.8. The Hall–Kier alpha value is -3.15. The molecule has 0 fully saturated rings. The van der Waals surface area contributed by atoms with Gasteiger partial charge in [-0.1, -0.05) is 12.1 Å². The Bertz CT molecular complexity index is 854. The molecule has 0 saturated heterocycles. The minimum atomic E-state index is -0.451. The van der Waals surface area contributed by atoms with Crippen molar-refractivity contribution in [3.8, 4) is 0 Å². The van der Waals surface area contributed by atoms with E-state index in [0.717, 1.165) is 0 Å². The number of fused-ring (bicyclic) bond motifs is 1. The molecule has 0 aliphatic heterocycles. The maximum absolute atomic E-state index is 12.4. The Morgan fingerprint density at radius 3 is 2.82 bits per heavy atom. The van der Waals surface area contributed by atoms with Crippen LogP contribution >= 0.6 is 0 Å². The monoisotopic (exact) mass is 295 g/mol. The SMILES string of the molecule is COC(=O)c1cccc(NC(=O)c2cccc3nccn23)c1. The second kappa shape index (κ2) is 5.69. The highest BCUT2D eigenvalue weighted by atomic mass is 16.5. The molecule has 22 heavy (non-hydrogen) atoms. The summed E-state index contributed by atoms with van der Waals surface area (Å²) in [6, 6.07) is 11.9. The second-order valence-electron chi connectivity index (χ2n) is 4.59. The molecular weight excluding hydrogens is 282 g/mol. The standard InChI is InChI=1S/C16H13N3O3/c1-22-16(21)11-4-2-5-12(10-11)18-15(20)13-6-3-7-14-17-8-9-19(13)14/h2-10H,1H3,(H,18,20). The number of esters is 1. The molecule has 1 amide bonds. The molecule has 6 heteroatoms. The number of hydrogen-bond donors (Lipinski definition) is 1. The highest BCUT2D eigenvalue weighted by Gasteiger charge is 2.12. The van der Waals surface area contributed by atoms with E-state index in [4.69, 9.17) is 0 Å². The van der Waals surface area contributed by atoms with Crippen molar-refractivity contribution >= 4 is 23.2 Å². The average molecular weight is 295 g/mol. The van der Waals surface area contributed by atoms with Gasteiger partial charge in [-0.05, 0) is 30.3 Å². The number of anilines is 1. The fraction of sp³-hybridized carbons (Fsp3) is 0.0625. The topological polar surface area (TPSA) is 72.7 Å². The summed E-state index contributed by atoms with van der Waals surface area (Å²) in [6.45, 7) is 0. The number of methoxy groups -OCH3 is 1. The molecule has 1 N–H and O–H groups in total. The van der Waals surface area contributed by atoms with Crippen LogP contribution in [0.3, 0.4) is 0 Å². The van der Waals surface area contributed by atoms with E-state index in [2.05, 4.69) is 15.0 Å². The zero-order chi connectivity index (χ0) is 15.5. The molecule has 110 valence electrons. The third-order valence-electron chi connectivity index (χ3n) is 3.20. The number of pyridine rings is 1. The van der Waals surface area contributed by atoms with E-state index < -0.39 is 5.97 Å². The number of amides is 1. The van der Waals surface area contributed by atoms with E-state index in [1.807, 2.05) is 6.07 Å². The number of carbonyl (C=O) groups excluding carboxylic acids is 2. The van der Waals surface area contributed by atoms with Gasteiger partial charge in [0.05, 0.1) is 12.7 Å². The summed E-state index contributed by atoms with van der Waals surface area (Å²) in [5.74, 6) is -0.738. The van der Waals surface area contributed by atoms with Crippen molar-refractivity contribution in [2.45, 2.75) is 0 Å². The van der Waals surface area contributed by atoms with Gasteiger partial charge in [0.1, 0.15) is 11.3 Å². The van der Waals surface area contributed by atoms with Gasteiger partial charge >= 0.3 is 5.97 Å². The van der Waals surface area contributed by atoms with Gasteiger partial charge in [-0.3, -0.25) is 9.20 Å². The summed E-state index contributed by atoms with van der Waals surface area (Å²) in [4.78, 5) is 28.1. The molecule has 0 atom stereocenters. The van der Waals surface area contributed by atoms with Crippen LogP contribution in [0.4, 0.5) is 5.69 Å². The van der Waals surface area contributed by atoms with Crippen LogP contribution in [0.1, 0.15) is 20.8 Å².